The molecule has 3 heteroatoms. The van der Waals surface area contributed by atoms with Crippen molar-refractivity contribution in [1.82, 2.24) is 0 Å². The van der Waals surface area contributed by atoms with Crippen LogP contribution in [0.4, 0.5) is 0 Å². The molecule has 2 aromatic rings. The summed E-state index contributed by atoms with van der Waals surface area (Å²) in [6.07, 6.45) is 0. The van der Waals surface area contributed by atoms with Crippen LogP contribution in [0.5, 0.6) is 0 Å². The van der Waals surface area contributed by atoms with Crippen LogP contribution in [-0.4, -0.2) is 26.0 Å². The zero-order valence-corrected chi connectivity index (χ0v) is 11.1. The summed E-state index contributed by atoms with van der Waals surface area (Å²) in [6.45, 7) is 1.91. The van der Waals surface area contributed by atoms with Crippen LogP contribution >= 0.6 is 0 Å². The fraction of sp³-hybridized carbons (Fsp3) is 0.0714. The van der Waals surface area contributed by atoms with Gasteiger partial charge in [0.1, 0.15) is 0 Å². The van der Waals surface area contributed by atoms with E-state index in [4.69, 9.17) is 0 Å². The van der Waals surface area contributed by atoms with Gasteiger partial charge in [0.05, 0.1) is 0 Å². The van der Waals surface area contributed by atoms with Gasteiger partial charge in [-0.15, -0.1) is 0 Å². The molecule has 0 saturated heterocycles. The van der Waals surface area contributed by atoms with Crippen LogP contribution in [0.2, 0.25) is 0 Å². The molecule has 17 heavy (non-hydrogen) atoms. The summed E-state index contributed by atoms with van der Waals surface area (Å²) in [5.74, 6) is -0.846. The maximum absolute atomic E-state index is 11.2. The van der Waals surface area contributed by atoms with Crippen LogP contribution in [0.3, 0.4) is 0 Å². The van der Waals surface area contributed by atoms with E-state index < -0.39 is 5.97 Å². The molecule has 0 spiro atoms. The van der Waals surface area contributed by atoms with E-state index in [2.05, 4.69) is 0 Å². The summed E-state index contributed by atoms with van der Waals surface area (Å²) in [5.41, 5.74) is 1.41. The first kappa shape index (κ1) is 11.9. The molecule has 0 saturated carbocycles. The Kier molecular flexibility index (Phi) is 3.62. The Hall–Kier alpha value is -1.57. The molecule has 2 rings (SSSR count). The predicted octanol–water partition coefficient (Wildman–Crippen LogP) is 1.35. The second kappa shape index (κ2) is 5.17. The van der Waals surface area contributed by atoms with Crippen molar-refractivity contribution in [3.63, 3.8) is 0 Å². The minimum absolute atomic E-state index is 0.0443. The SMILES string of the molecule is Cc1ccc([Se]c2ccccc2)c(C(=O)O)c1. The van der Waals surface area contributed by atoms with Gasteiger partial charge in [0.15, 0.2) is 0 Å². The third-order valence-corrected chi connectivity index (χ3v) is 4.61. The molecule has 0 atom stereocenters. The molecule has 0 fully saturated rings. The van der Waals surface area contributed by atoms with E-state index in [1.165, 1.54) is 4.46 Å². The second-order valence-electron chi connectivity index (χ2n) is 3.72. The third-order valence-electron chi connectivity index (χ3n) is 2.34. The summed E-state index contributed by atoms with van der Waals surface area (Å²) in [7, 11) is 0. The van der Waals surface area contributed by atoms with Crippen molar-refractivity contribution in [3.8, 4) is 0 Å². The van der Waals surface area contributed by atoms with Gasteiger partial charge in [-0.2, -0.15) is 0 Å². The Morgan fingerprint density at radius 1 is 1.12 bits per heavy atom. The molecule has 86 valence electrons. The summed E-state index contributed by atoms with van der Waals surface area (Å²) >= 11 is 0.0443. The van der Waals surface area contributed by atoms with Gasteiger partial charge in [0.2, 0.25) is 0 Å². The average Bonchev–Trinajstić information content (AvgIpc) is 2.32. The van der Waals surface area contributed by atoms with Crippen molar-refractivity contribution in [2.75, 3.05) is 0 Å². The Morgan fingerprint density at radius 3 is 2.47 bits per heavy atom. The quantitative estimate of drug-likeness (QED) is 0.867. The Balaban J connectivity index is 2.36. The van der Waals surface area contributed by atoms with E-state index in [0.717, 1.165) is 10.0 Å². The first-order chi connectivity index (χ1) is 8.16. The normalized spacial score (nSPS) is 10.2. The molecule has 0 aliphatic heterocycles. The van der Waals surface area contributed by atoms with Crippen LogP contribution in [0, 0.1) is 6.92 Å². The second-order valence-corrected chi connectivity index (χ2v) is 6.06. The number of hydrogen-bond acceptors (Lipinski definition) is 1. The topological polar surface area (TPSA) is 37.3 Å². The van der Waals surface area contributed by atoms with E-state index in [1.54, 1.807) is 6.07 Å². The van der Waals surface area contributed by atoms with Gasteiger partial charge in [0, 0.05) is 0 Å². The van der Waals surface area contributed by atoms with Crippen LogP contribution in [0.25, 0.3) is 0 Å². The summed E-state index contributed by atoms with van der Waals surface area (Å²) in [4.78, 5) is 11.2. The summed E-state index contributed by atoms with van der Waals surface area (Å²) in [6, 6.07) is 15.6. The molecule has 0 unspecified atom stereocenters. The number of aromatic carboxylic acids is 1. The van der Waals surface area contributed by atoms with Crippen molar-refractivity contribution in [2.45, 2.75) is 6.92 Å². The standard InChI is InChI=1S/C14H12O2Se/c1-10-7-8-13(12(9-10)14(15)16)17-11-5-3-2-4-6-11/h2-9H,1H3,(H,15,16). The molecule has 0 aliphatic carbocycles. The van der Waals surface area contributed by atoms with Gasteiger partial charge in [0.25, 0.3) is 0 Å². The van der Waals surface area contributed by atoms with Crippen LogP contribution in [-0.2, 0) is 0 Å². The molecule has 0 radical (unpaired) electrons. The summed E-state index contributed by atoms with van der Waals surface area (Å²) < 4.78 is 2.10. The maximum atomic E-state index is 11.2. The van der Waals surface area contributed by atoms with E-state index in [9.17, 15) is 9.90 Å². The Labute approximate surface area is 106 Å². The molecule has 0 aromatic heterocycles. The number of aryl methyl sites for hydroxylation is 1. The monoisotopic (exact) mass is 292 g/mol. The van der Waals surface area contributed by atoms with E-state index in [1.807, 2.05) is 49.4 Å². The average molecular weight is 291 g/mol. The predicted molar refractivity (Wildman–Crippen MR) is 69.6 cm³/mol. The number of hydrogen-bond donors (Lipinski definition) is 1. The molecular formula is C14H12O2Se. The number of carboxylic acid groups (broad SMARTS) is 1. The molecule has 0 aliphatic rings. The van der Waals surface area contributed by atoms with Gasteiger partial charge in [-0.05, 0) is 0 Å². The van der Waals surface area contributed by atoms with E-state index >= 15 is 0 Å². The van der Waals surface area contributed by atoms with Crippen molar-refractivity contribution in [1.29, 1.82) is 0 Å². The van der Waals surface area contributed by atoms with Gasteiger partial charge in [-0.3, -0.25) is 0 Å². The Morgan fingerprint density at radius 2 is 1.82 bits per heavy atom. The molecular weight excluding hydrogens is 279 g/mol. The van der Waals surface area contributed by atoms with Gasteiger partial charge in [-0.25, -0.2) is 0 Å². The fourth-order valence-corrected chi connectivity index (χ4v) is 3.49. The number of carbonyl (C=O) groups is 1. The zero-order chi connectivity index (χ0) is 12.3. The molecule has 2 nitrogen and oxygen atoms in total. The van der Waals surface area contributed by atoms with E-state index in [-0.39, 0.29) is 15.0 Å². The van der Waals surface area contributed by atoms with Crippen molar-refractivity contribution < 1.29 is 9.90 Å². The molecule has 0 heterocycles. The number of benzene rings is 2. The number of rotatable bonds is 3. The van der Waals surface area contributed by atoms with Crippen molar-refractivity contribution in [3.05, 3.63) is 59.7 Å². The minimum atomic E-state index is -0.846. The van der Waals surface area contributed by atoms with Crippen LogP contribution in [0.15, 0.2) is 48.5 Å². The fourth-order valence-electron chi connectivity index (χ4n) is 1.52. The van der Waals surface area contributed by atoms with Crippen molar-refractivity contribution >= 4 is 29.8 Å². The first-order valence-electron chi connectivity index (χ1n) is 5.23. The number of carboxylic acids is 1. The van der Waals surface area contributed by atoms with Crippen molar-refractivity contribution in [2.24, 2.45) is 0 Å². The first-order valence-corrected chi connectivity index (χ1v) is 6.95. The molecule has 0 bridgehead atoms. The summed E-state index contributed by atoms with van der Waals surface area (Å²) in [5, 5.41) is 9.18. The van der Waals surface area contributed by atoms with Gasteiger partial charge < -0.3 is 0 Å². The molecule has 0 amide bonds. The van der Waals surface area contributed by atoms with Gasteiger partial charge >= 0.3 is 106 Å². The van der Waals surface area contributed by atoms with Crippen LogP contribution < -0.4 is 8.92 Å². The zero-order valence-electron chi connectivity index (χ0n) is 9.38. The van der Waals surface area contributed by atoms with Crippen LogP contribution in [0.1, 0.15) is 15.9 Å². The Bertz CT molecular complexity index is 535. The third kappa shape index (κ3) is 2.96. The van der Waals surface area contributed by atoms with Gasteiger partial charge in [-0.1, -0.05) is 0 Å². The van der Waals surface area contributed by atoms with E-state index in [0.29, 0.717) is 5.56 Å². The molecule has 2 aromatic carbocycles. The molecule has 1 N–H and O–H groups in total.